The van der Waals surface area contributed by atoms with Gasteiger partial charge in [-0.3, -0.25) is 0 Å². The van der Waals surface area contributed by atoms with Crippen LogP contribution in [0.1, 0.15) is 24.0 Å². The van der Waals surface area contributed by atoms with Gasteiger partial charge < -0.3 is 10.1 Å². The van der Waals surface area contributed by atoms with Crippen LogP contribution < -0.4 is 10.1 Å². The molecule has 1 aliphatic heterocycles. The van der Waals surface area contributed by atoms with Crippen molar-refractivity contribution in [3.05, 3.63) is 40.4 Å². The van der Waals surface area contributed by atoms with Crippen molar-refractivity contribution in [3.63, 3.8) is 0 Å². The Labute approximate surface area is 111 Å². The first-order valence-electron chi connectivity index (χ1n) is 5.99. The fourth-order valence-electron chi connectivity index (χ4n) is 2.20. The molecule has 2 nitrogen and oxygen atoms in total. The van der Waals surface area contributed by atoms with Crippen LogP contribution in [0.15, 0.2) is 29.3 Å². The van der Waals surface area contributed by atoms with Crippen molar-refractivity contribution in [1.29, 1.82) is 0 Å². The summed E-state index contributed by atoms with van der Waals surface area (Å²) in [6.07, 6.45) is 2.83. The summed E-state index contributed by atoms with van der Waals surface area (Å²) >= 11 is 3.58. The third-order valence-corrected chi connectivity index (χ3v) is 3.72. The van der Waals surface area contributed by atoms with Crippen LogP contribution in [0.4, 0.5) is 0 Å². The molecule has 1 aliphatic rings. The van der Waals surface area contributed by atoms with Crippen molar-refractivity contribution in [2.45, 2.75) is 19.3 Å². The fraction of sp³-hybridized carbons (Fsp3) is 0.429. The fourth-order valence-corrected chi connectivity index (χ4v) is 2.67. The average Bonchev–Trinajstić information content (AvgIpc) is 2.49. The lowest BCUT2D eigenvalue weighted by Gasteiger charge is -2.15. The molecule has 0 spiro atoms. The lowest BCUT2D eigenvalue weighted by molar-refractivity contribution is 0.360. The molecule has 1 aromatic carbocycles. The highest BCUT2D eigenvalue weighted by atomic mass is 79.9. The summed E-state index contributed by atoms with van der Waals surface area (Å²) in [6, 6.07) is 4.36. The second kappa shape index (κ2) is 5.69. The van der Waals surface area contributed by atoms with E-state index in [1.807, 2.05) is 0 Å². The Morgan fingerprint density at radius 3 is 3.18 bits per heavy atom. The Kier molecular flexibility index (Phi) is 4.24. The molecule has 0 fully saturated rings. The van der Waals surface area contributed by atoms with E-state index in [1.165, 1.54) is 11.1 Å². The summed E-state index contributed by atoms with van der Waals surface area (Å²) in [4.78, 5) is 0. The first kappa shape index (κ1) is 12.7. The highest BCUT2D eigenvalue weighted by molar-refractivity contribution is 9.10. The zero-order valence-electron chi connectivity index (χ0n) is 10.1. The molecule has 0 radical (unpaired) electrons. The van der Waals surface area contributed by atoms with Crippen molar-refractivity contribution in [1.82, 2.24) is 5.32 Å². The van der Waals surface area contributed by atoms with Crippen molar-refractivity contribution < 1.29 is 4.74 Å². The predicted molar refractivity (Wildman–Crippen MR) is 74.8 cm³/mol. The number of hydrogen-bond donors (Lipinski definition) is 1. The van der Waals surface area contributed by atoms with Gasteiger partial charge in [-0.25, -0.2) is 0 Å². The summed E-state index contributed by atoms with van der Waals surface area (Å²) in [5.41, 5.74) is 2.82. The highest BCUT2D eigenvalue weighted by Gasteiger charge is 2.17. The minimum absolute atomic E-state index is 0.547. The Balaban J connectivity index is 2.33. The van der Waals surface area contributed by atoms with Gasteiger partial charge in [-0.15, -0.1) is 0 Å². The molecule has 0 aromatic heterocycles. The molecule has 1 atom stereocenters. The molecule has 2 rings (SSSR count). The SMILES string of the molecule is C=CCOc1cc2c(cc1Br)[C@H](C)CNCC2. The smallest absolute Gasteiger partial charge is 0.134 e. The molecule has 0 saturated carbocycles. The quantitative estimate of drug-likeness (QED) is 0.864. The van der Waals surface area contributed by atoms with Gasteiger partial charge in [0, 0.05) is 6.54 Å². The Bertz CT molecular complexity index is 417. The standard InChI is InChI=1S/C14H18BrNO/c1-3-6-17-14-7-11-4-5-16-9-10(2)12(11)8-13(14)15/h3,7-8,10,16H,1,4-6,9H2,2H3/t10-/m1/s1. The number of benzene rings is 1. The molecular formula is C14H18BrNO. The van der Waals surface area contributed by atoms with Gasteiger partial charge in [-0.2, -0.15) is 0 Å². The number of fused-ring (bicyclic) bond motifs is 1. The van der Waals surface area contributed by atoms with Crippen molar-refractivity contribution in [2.24, 2.45) is 0 Å². The normalized spacial score (nSPS) is 19.3. The van der Waals surface area contributed by atoms with Crippen LogP contribution in [0.5, 0.6) is 5.75 Å². The van der Waals surface area contributed by atoms with Gasteiger partial charge in [0.2, 0.25) is 0 Å². The second-order valence-corrected chi connectivity index (χ2v) is 5.29. The predicted octanol–water partition coefficient (Wildman–Crippen LogP) is 3.26. The monoisotopic (exact) mass is 295 g/mol. The average molecular weight is 296 g/mol. The largest absolute Gasteiger partial charge is 0.488 e. The highest BCUT2D eigenvalue weighted by Crippen LogP contribution is 2.33. The van der Waals surface area contributed by atoms with Crippen molar-refractivity contribution >= 4 is 15.9 Å². The van der Waals surface area contributed by atoms with Gasteiger partial charge in [-0.1, -0.05) is 19.6 Å². The zero-order valence-corrected chi connectivity index (χ0v) is 11.7. The van der Waals surface area contributed by atoms with E-state index in [0.717, 1.165) is 29.7 Å². The van der Waals surface area contributed by atoms with Gasteiger partial charge in [0.05, 0.1) is 4.47 Å². The number of nitrogens with one attached hydrogen (secondary N) is 1. The van der Waals surface area contributed by atoms with Crippen LogP contribution in [0.25, 0.3) is 0 Å². The molecular weight excluding hydrogens is 278 g/mol. The van der Waals surface area contributed by atoms with E-state index in [-0.39, 0.29) is 0 Å². The van der Waals surface area contributed by atoms with E-state index in [1.54, 1.807) is 6.08 Å². The molecule has 92 valence electrons. The van der Waals surface area contributed by atoms with E-state index in [4.69, 9.17) is 4.74 Å². The van der Waals surface area contributed by atoms with Crippen LogP contribution in [0.3, 0.4) is 0 Å². The van der Waals surface area contributed by atoms with Crippen molar-refractivity contribution in [2.75, 3.05) is 19.7 Å². The summed E-state index contributed by atoms with van der Waals surface area (Å²) in [6.45, 7) is 8.56. The Morgan fingerprint density at radius 1 is 1.59 bits per heavy atom. The third-order valence-electron chi connectivity index (χ3n) is 3.10. The van der Waals surface area contributed by atoms with Gasteiger partial charge in [0.15, 0.2) is 0 Å². The summed E-state index contributed by atoms with van der Waals surface area (Å²) < 4.78 is 6.68. The molecule has 0 aliphatic carbocycles. The number of rotatable bonds is 3. The molecule has 1 heterocycles. The number of halogens is 1. The van der Waals surface area contributed by atoms with E-state index >= 15 is 0 Å². The minimum Gasteiger partial charge on any atom is -0.488 e. The second-order valence-electron chi connectivity index (χ2n) is 4.44. The lowest BCUT2D eigenvalue weighted by Crippen LogP contribution is -2.18. The minimum atomic E-state index is 0.547. The van der Waals surface area contributed by atoms with Crippen LogP contribution >= 0.6 is 15.9 Å². The first-order chi connectivity index (χ1) is 8.22. The van der Waals surface area contributed by atoms with Crippen LogP contribution in [0, 0.1) is 0 Å². The lowest BCUT2D eigenvalue weighted by atomic mass is 9.95. The molecule has 1 N–H and O–H groups in total. The molecule has 0 bridgehead atoms. The zero-order chi connectivity index (χ0) is 12.3. The van der Waals surface area contributed by atoms with Gasteiger partial charge in [0.25, 0.3) is 0 Å². The maximum Gasteiger partial charge on any atom is 0.134 e. The molecule has 17 heavy (non-hydrogen) atoms. The van der Waals surface area contributed by atoms with Gasteiger partial charge in [-0.05, 0) is 58.1 Å². The third kappa shape index (κ3) is 2.90. The van der Waals surface area contributed by atoms with E-state index in [9.17, 15) is 0 Å². The topological polar surface area (TPSA) is 21.3 Å². The number of hydrogen-bond acceptors (Lipinski definition) is 2. The summed E-state index contributed by atoms with van der Waals surface area (Å²) in [5, 5.41) is 3.45. The van der Waals surface area contributed by atoms with Crippen LogP contribution in [-0.4, -0.2) is 19.7 Å². The van der Waals surface area contributed by atoms with Gasteiger partial charge >= 0.3 is 0 Å². The maximum absolute atomic E-state index is 5.64. The Hall–Kier alpha value is -0.800. The van der Waals surface area contributed by atoms with E-state index in [2.05, 4.69) is 46.9 Å². The molecule has 0 unspecified atom stereocenters. The summed E-state index contributed by atoms with van der Waals surface area (Å²) in [7, 11) is 0. The van der Waals surface area contributed by atoms with Crippen LogP contribution in [0.2, 0.25) is 0 Å². The van der Waals surface area contributed by atoms with Crippen molar-refractivity contribution in [3.8, 4) is 5.75 Å². The Morgan fingerprint density at radius 2 is 2.41 bits per heavy atom. The van der Waals surface area contributed by atoms with E-state index < -0.39 is 0 Å². The molecule has 1 aromatic rings. The van der Waals surface area contributed by atoms with Gasteiger partial charge in [0.1, 0.15) is 12.4 Å². The molecule has 3 heteroatoms. The molecule has 0 saturated heterocycles. The first-order valence-corrected chi connectivity index (χ1v) is 6.78. The summed E-state index contributed by atoms with van der Waals surface area (Å²) in [5.74, 6) is 1.47. The molecule has 0 amide bonds. The van der Waals surface area contributed by atoms with E-state index in [0.29, 0.717) is 12.5 Å². The van der Waals surface area contributed by atoms with Crippen LogP contribution in [-0.2, 0) is 6.42 Å². The number of ether oxygens (including phenoxy) is 1. The maximum atomic E-state index is 5.64.